The highest BCUT2D eigenvalue weighted by atomic mass is 32.2. The number of hydrogen-bond donors (Lipinski definition) is 2. The van der Waals surface area contributed by atoms with E-state index in [4.69, 9.17) is 5.11 Å². The number of hydrogen-bond acceptors (Lipinski definition) is 4. The minimum Gasteiger partial charge on any atom is -0.481 e. The maximum atomic E-state index is 10.5. The van der Waals surface area contributed by atoms with E-state index in [1.807, 2.05) is 11.8 Å². The Kier molecular flexibility index (Phi) is 3.18. The summed E-state index contributed by atoms with van der Waals surface area (Å²) in [5.41, 5.74) is -0.00380. The summed E-state index contributed by atoms with van der Waals surface area (Å²) in [5, 5.41) is 15.5. The molecule has 1 aromatic heterocycles. The quantitative estimate of drug-likeness (QED) is 0.831. The molecule has 0 saturated carbocycles. The van der Waals surface area contributed by atoms with Crippen molar-refractivity contribution in [1.82, 2.24) is 15.2 Å². The Morgan fingerprint density at radius 3 is 3.12 bits per heavy atom. The Labute approximate surface area is 98.0 Å². The number of aromatic nitrogens is 3. The van der Waals surface area contributed by atoms with Crippen LogP contribution in [0.25, 0.3) is 0 Å². The summed E-state index contributed by atoms with van der Waals surface area (Å²) in [4.78, 5) is 14.8. The molecule has 1 aliphatic heterocycles. The minimum atomic E-state index is -0.883. The zero-order chi connectivity index (χ0) is 11.6. The average Bonchev–Trinajstić information content (AvgIpc) is 2.67. The number of H-pyrrole nitrogens is 1. The van der Waals surface area contributed by atoms with Gasteiger partial charge in [-0.15, -0.1) is 0 Å². The van der Waals surface area contributed by atoms with Crippen molar-refractivity contribution in [2.24, 2.45) is 0 Å². The van der Waals surface area contributed by atoms with Gasteiger partial charge in [0.05, 0.1) is 0 Å². The maximum absolute atomic E-state index is 10.5. The molecule has 0 bridgehead atoms. The minimum absolute atomic E-state index is 0.00380. The molecule has 1 unspecified atom stereocenters. The fourth-order valence-corrected chi connectivity index (χ4v) is 3.11. The highest BCUT2D eigenvalue weighted by Gasteiger charge is 2.33. The molecule has 0 aliphatic carbocycles. The van der Waals surface area contributed by atoms with Crippen molar-refractivity contribution in [2.45, 2.75) is 31.6 Å². The molecule has 0 spiro atoms. The van der Waals surface area contributed by atoms with E-state index in [0.29, 0.717) is 5.82 Å². The fraction of sp³-hybridized carbons (Fsp3) is 0.700. The normalized spacial score (nSPS) is 25.6. The Hall–Kier alpha value is -1.04. The molecule has 0 amide bonds. The standard InChI is InChI=1S/C10H15N3O2S/c1-10(3-2-4-16-6-10)9-11-7(12-13-9)5-8(14)15/h2-6H2,1H3,(H,14,15)(H,11,12,13). The number of carboxylic acids is 1. The van der Waals surface area contributed by atoms with Gasteiger partial charge in [0.25, 0.3) is 0 Å². The lowest BCUT2D eigenvalue weighted by Gasteiger charge is -2.29. The Bertz CT molecular complexity index is 385. The number of nitrogens with zero attached hydrogens (tertiary/aromatic N) is 2. The number of carboxylic acid groups (broad SMARTS) is 1. The Balaban J connectivity index is 2.13. The van der Waals surface area contributed by atoms with Crippen LogP contribution in [0.2, 0.25) is 0 Å². The van der Waals surface area contributed by atoms with Crippen LogP contribution in [0.15, 0.2) is 0 Å². The fourth-order valence-electron chi connectivity index (χ4n) is 1.90. The molecule has 88 valence electrons. The Morgan fingerprint density at radius 2 is 2.50 bits per heavy atom. The Morgan fingerprint density at radius 1 is 1.69 bits per heavy atom. The molecule has 2 heterocycles. The van der Waals surface area contributed by atoms with Gasteiger partial charge in [0.15, 0.2) is 5.82 Å². The summed E-state index contributed by atoms with van der Waals surface area (Å²) in [6.45, 7) is 2.15. The van der Waals surface area contributed by atoms with Gasteiger partial charge in [-0.3, -0.25) is 9.89 Å². The predicted molar refractivity (Wildman–Crippen MR) is 61.6 cm³/mol. The number of carbonyl (C=O) groups is 1. The van der Waals surface area contributed by atoms with Crippen molar-refractivity contribution >= 4 is 17.7 Å². The molecular formula is C10H15N3O2S. The summed E-state index contributed by atoms with van der Waals surface area (Å²) in [5.74, 6) is 2.53. The van der Waals surface area contributed by atoms with Gasteiger partial charge in [-0.1, -0.05) is 6.92 Å². The first-order chi connectivity index (χ1) is 7.60. The van der Waals surface area contributed by atoms with Gasteiger partial charge in [0, 0.05) is 11.2 Å². The summed E-state index contributed by atoms with van der Waals surface area (Å²) in [6, 6.07) is 0. The second kappa shape index (κ2) is 4.45. The molecule has 1 atom stereocenters. The van der Waals surface area contributed by atoms with Crippen molar-refractivity contribution in [3.63, 3.8) is 0 Å². The highest BCUT2D eigenvalue weighted by Crippen LogP contribution is 2.35. The molecular weight excluding hydrogens is 226 g/mol. The summed E-state index contributed by atoms with van der Waals surface area (Å²) >= 11 is 1.91. The van der Waals surface area contributed by atoms with E-state index in [1.54, 1.807) is 0 Å². The van der Waals surface area contributed by atoms with Gasteiger partial charge < -0.3 is 5.11 Å². The first-order valence-corrected chi connectivity index (χ1v) is 6.47. The van der Waals surface area contributed by atoms with Gasteiger partial charge in [0.2, 0.25) is 0 Å². The lowest BCUT2D eigenvalue weighted by molar-refractivity contribution is -0.136. The van der Waals surface area contributed by atoms with Crippen molar-refractivity contribution in [3.05, 3.63) is 11.6 Å². The zero-order valence-electron chi connectivity index (χ0n) is 9.19. The monoisotopic (exact) mass is 241 g/mol. The maximum Gasteiger partial charge on any atom is 0.311 e. The van der Waals surface area contributed by atoms with E-state index >= 15 is 0 Å². The second-order valence-electron chi connectivity index (χ2n) is 4.39. The topological polar surface area (TPSA) is 78.9 Å². The molecule has 6 heteroatoms. The third kappa shape index (κ3) is 2.37. The van der Waals surface area contributed by atoms with E-state index < -0.39 is 5.97 Å². The van der Waals surface area contributed by atoms with Crippen molar-refractivity contribution < 1.29 is 9.90 Å². The lowest BCUT2D eigenvalue weighted by atomic mass is 9.86. The van der Waals surface area contributed by atoms with Crippen LogP contribution in [0.4, 0.5) is 0 Å². The molecule has 1 fully saturated rings. The van der Waals surface area contributed by atoms with Crippen LogP contribution in [0.1, 0.15) is 31.4 Å². The predicted octanol–water partition coefficient (Wildman–Crippen LogP) is 1.22. The second-order valence-corrected chi connectivity index (χ2v) is 5.50. The smallest absolute Gasteiger partial charge is 0.311 e. The first-order valence-electron chi connectivity index (χ1n) is 5.31. The molecule has 2 rings (SSSR count). The lowest BCUT2D eigenvalue weighted by Crippen LogP contribution is -2.30. The molecule has 16 heavy (non-hydrogen) atoms. The van der Waals surface area contributed by atoms with Gasteiger partial charge >= 0.3 is 5.97 Å². The third-order valence-electron chi connectivity index (χ3n) is 2.83. The van der Waals surface area contributed by atoms with Crippen LogP contribution in [0.5, 0.6) is 0 Å². The van der Waals surface area contributed by atoms with E-state index in [2.05, 4.69) is 22.1 Å². The molecule has 0 radical (unpaired) electrons. The average molecular weight is 241 g/mol. The number of aliphatic carboxylic acids is 1. The van der Waals surface area contributed by atoms with Crippen LogP contribution in [-0.2, 0) is 16.6 Å². The van der Waals surface area contributed by atoms with Gasteiger partial charge in [-0.2, -0.15) is 16.9 Å². The number of rotatable bonds is 3. The highest BCUT2D eigenvalue weighted by molar-refractivity contribution is 7.99. The SMILES string of the molecule is CC1(c2n[nH]c(CC(=O)O)n2)CCCSC1. The third-order valence-corrected chi connectivity index (χ3v) is 4.25. The van der Waals surface area contributed by atoms with E-state index in [0.717, 1.165) is 18.0 Å². The first kappa shape index (κ1) is 11.4. The molecule has 0 aromatic carbocycles. The zero-order valence-corrected chi connectivity index (χ0v) is 10.0. The van der Waals surface area contributed by atoms with Crippen LogP contribution in [-0.4, -0.2) is 37.8 Å². The van der Waals surface area contributed by atoms with E-state index in [1.165, 1.54) is 12.2 Å². The number of aromatic amines is 1. The summed E-state index contributed by atoms with van der Waals surface area (Å²) in [6.07, 6.45) is 2.16. The van der Waals surface area contributed by atoms with Gasteiger partial charge in [-0.25, -0.2) is 4.98 Å². The van der Waals surface area contributed by atoms with Gasteiger partial charge in [0.1, 0.15) is 12.2 Å². The summed E-state index contributed by atoms with van der Waals surface area (Å²) < 4.78 is 0. The molecule has 2 N–H and O–H groups in total. The number of thioether (sulfide) groups is 1. The van der Waals surface area contributed by atoms with Crippen molar-refractivity contribution in [2.75, 3.05) is 11.5 Å². The van der Waals surface area contributed by atoms with Crippen LogP contribution in [0, 0.1) is 0 Å². The van der Waals surface area contributed by atoms with Crippen LogP contribution < -0.4 is 0 Å². The van der Waals surface area contributed by atoms with Crippen molar-refractivity contribution in [3.8, 4) is 0 Å². The summed E-state index contributed by atoms with van der Waals surface area (Å²) in [7, 11) is 0. The molecule has 1 saturated heterocycles. The van der Waals surface area contributed by atoms with E-state index in [-0.39, 0.29) is 11.8 Å². The van der Waals surface area contributed by atoms with Crippen LogP contribution in [0.3, 0.4) is 0 Å². The van der Waals surface area contributed by atoms with Crippen molar-refractivity contribution in [1.29, 1.82) is 0 Å². The molecule has 1 aliphatic rings. The molecule has 5 nitrogen and oxygen atoms in total. The number of nitrogens with one attached hydrogen (secondary N) is 1. The van der Waals surface area contributed by atoms with Gasteiger partial charge in [-0.05, 0) is 18.6 Å². The van der Waals surface area contributed by atoms with E-state index in [9.17, 15) is 4.79 Å². The molecule has 1 aromatic rings. The largest absolute Gasteiger partial charge is 0.481 e. The van der Waals surface area contributed by atoms with Crippen LogP contribution >= 0.6 is 11.8 Å².